The van der Waals surface area contributed by atoms with Crippen LogP contribution in [0.5, 0.6) is 0 Å². The van der Waals surface area contributed by atoms with Gasteiger partial charge in [0.25, 0.3) is 0 Å². The number of sulfonamides is 1. The van der Waals surface area contributed by atoms with Gasteiger partial charge in [0.15, 0.2) is 0 Å². The Balaban J connectivity index is 1.60. The SMILES string of the molecule is CCN(CC)S(=O)(=O)c1ccc(CCC(=O)N(CC2CCCO2)C2CCSC2)cc1. The van der Waals surface area contributed by atoms with Gasteiger partial charge in [-0.15, -0.1) is 0 Å². The van der Waals surface area contributed by atoms with Crippen LogP contribution in [0.4, 0.5) is 0 Å². The maximum atomic E-state index is 13.0. The predicted octanol–water partition coefficient (Wildman–Crippen LogP) is 3.16. The van der Waals surface area contributed by atoms with Gasteiger partial charge < -0.3 is 9.64 Å². The number of ether oxygens (including phenoxy) is 1. The van der Waals surface area contributed by atoms with Crippen molar-refractivity contribution < 1.29 is 17.9 Å². The first-order valence-electron chi connectivity index (χ1n) is 11.0. The third-order valence-electron chi connectivity index (χ3n) is 5.99. The molecule has 1 amide bonds. The molecule has 2 aliphatic rings. The van der Waals surface area contributed by atoms with Gasteiger partial charge in [-0.3, -0.25) is 4.79 Å². The van der Waals surface area contributed by atoms with Crippen LogP contribution in [-0.2, 0) is 26.0 Å². The lowest BCUT2D eigenvalue weighted by Gasteiger charge is -2.31. The van der Waals surface area contributed by atoms with Gasteiger partial charge in [0.2, 0.25) is 15.9 Å². The second kappa shape index (κ2) is 11.0. The molecule has 0 radical (unpaired) electrons. The van der Waals surface area contributed by atoms with Crippen LogP contribution >= 0.6 is 11.8 Å². The molecule has 30 heavy (non-hydrogen) atoms. The quantitative estimate of drug-likeness (QED) is 0.543. The van der Waals surface area contributed by atoms with E-state index in [0.717, 1.165) is 42.9 Å². The Morgan fingerprint density at radius 3 is 2.47 bits per heavy atom. The van der Waals surface area contributed by atoms with E-state index in [1.54, 1.807) is 12.1 Å². The highest BCUT2D eigenvalue weighted by molar-refractivity contribution is 7.99. The van der Waals surface area contributed by atoms with Crippen molar-refractivity contribution in [2.45, 2.75) is 63.0 Å². The maximum absolute atomic E-state index is 13.0. The van der Waals surface area contributed by atoms with Crippen molar-refractivity contribution in [3.05, 3.63) is 29.8 Å². The summed E-state index contributed by atoms with van der Waals surface area (Å²) in [7, 11) is -3.45. The molecule has 2 fully saturated rings. The molecule has 2 aliphatic heterocycles. The molecule has 2 unspecified atom stereocenters. The molecule has 0 aromatic heterocycles. The van der Waals surface area contributed by atoms with Gasteiger partial charge in [0.1, 0.15) is 0 Å². The van der Waals surface area contributed by atoms with Crippen molar-refractivity contribution in [2.75, 3.05) is 37.7 Å². The highest BCUT2D eigenvalue weighted by Gasteiger charge is 2.30. The number of carbonyl (C=O) groups is 1. The minimum Gasteiger partial charge on any atom is -0.376 e. The lowest BCUT2D eigenvalue weighted by Crippen LogP contribution is -2.44. The van der Waals surface area contributed by atoms with E-state index in [1.165, 1.54) is 4.31 Å². The molecule has 0 bridgehead atoms. The number of benzene rings is 1. The van der Waals surface area contributed by atoms with E-state index < -0.39 is 10.0 Å². The first-order valence-corrected chi connectivity index (χ1v) is 13.6. The number of amides is 1. The monoisotopic (exact) mass is 454 g/mol. The van der Waals surface area contributed by atoms with Crippen LogP contribution in [0.3, 0.4) is 0 Å². The molecule has 2 heterocycles. The summed E-state index contributed by atoms with van der Waals surface area (Å²) in [4.78, 5) is 15.4. The normalized spacial score (nSPS) is 22.0. The van der Waals surface area contributed by atoms with Crippen LogP contribution in [0.15, 0.2) is 29.2 Å². The summed E-state index contributed by atoms with van der Waals surface area (Å²) in [5, 5.41) is 0. The molecule has 0 spiro atoms. The Hall–Kier alpha value is -1.09. The lowest BCUT2D eigenvalue weighted by molar-refractivity contribution is -0.134. The van der Waals surface area contributed by atoms with Gasteiger partial charge in [-0.2, -0.15) is 16.1 Å². The van der Waals surface area contributed by atoms with Crippen LogP contribution in [-0.4, -0.2) is 73.4 Å². The number of thioether (sulfide) groups is 1. The van der Waals surface area contributed by atoms with E-state index in [-0.39, 0.29) is 12.0 Å². The molecule has 2 saturated heterocycles. The van der Waals surface area contributed by atoms with Gasteiger partial charge >= 0.3 is 0 Å². The van der Waals surface area contributed by atoms with Gasteiger partial charge in [-0.25, -0.2) is 8.42 Å². The molecule has 0 aliphatic carbocycles. The molecule has 2 atom stereocenters. The summed E-state index contributed by atoms with van der Waals surface area (Å²) in [6.07, 6.45) is 4.40. The lowest BCUT2D eigenvalue weighted by atomic mass is 10.1. The zero-order chi connectivity index (χ0) is 21.6. The molecular formula is C22H34N2O4S2. The van der Waals surface area contributed by atoms with Crippen LogP contribution < -0.4 is 0 Å². The van der Waals surface area contributed by atoms with Gasteiger partial charge in [-0.05, 0) is 49.1 Å². The number of hydrogen-bond acceptors (Lipinski definition) is 5. The zero-order valence-corrected chi connectivity index (χ0v) is 19.7. The molecule has 0 saturated carbocycles. The van der Waals surface area contributed by atoms with Crippen molar-refractivity contribution in [2.24, 2.45) is 0 Å². The fourth-order valence-corrected chi connectivity index (χ4v) is 6.85. The number of hydrogen-bond donors (Lipinski definition) is 0. The molecule has 0 N–H and O–H groups in total. The van der Waals surface area contributed by atoms with Gasteiger partial charge in [-0.1, -0.05) is 26.0 Å². The van der Waals surface area contributed by atoms with Crippen LogP contribution in [0.2, 0.25) is 0 Å². The third kappa shape index (κ3) is 5.78. The van der Waals surface area contributed by atoms with E-state index in [2.05, 4.69) is 4.90 Å². The Morgan fingerprint density at radius 2 is 1.90 bits per heavy atom. The smallest absolute Gasteiger partial charge is 0.243 e. The summed E-state index contributed by atoms with van der Waals surface area (Å²) in [6.45, 7) is 6.09. The highest BCUT2D eigenvalue weighted by atomic mass is 32.2. The minimum absolute atomic E-state index is 0.170. The second-order valence-electron chi connectivity index (χ2n) is 7.93. The van der Waals surface area contributed by atoms with Gasteiger partial charge in [0, 0.05) is 44.5 Å². The maximum Gasteiger partial charge on any atom is 0.243 e. The fraction of sp³-hybridized carbons (Fsp3) is 0.682. The van der Waals surface area contributed by atoms with Crippen LogP contribution in [0.25, 0.3) is 0 Å². The van der Waals surface area contributed by atoms with Crippen molar-refractivity contribution in [1.82, 2.24) is 9.21 Å². The van der Waals surface area contributed by atoms with Crippen molar-refractivity contribution >= 4 is 27.7 Å². The highest BCUT2D eigenvalue weighted by Crippen LogP contribution is 2.25. The van der Waals surface area contributed by atoms with Crippen molar-refractivity contribution in [3.8, 4) is 0 Å². The van der Waals surface area contributed by atoms with Crippen molar-refractivity contribution in [1.29, 1.82) is 0 Å². The summed E-state index contributed by atoms with van der Waals surface area (Å²) >= 11 is 1.91. The van der Waals surface area contributed by atoms with E-state index in [0.29, 0.717) is 43.4 Å². The second-order valence-corrected chi connectivity index (χ2v) is 11.0. The molecule has 1 aromatic carbocycles. The molecule has 8 heteroatoms. The summed E-state index contributed by atoms with van der Waals surface area (Å²) in [5.41, 5.74) is 0.986. The largest absolute Gasteiger partial charge is 0.376 e. The average Bonchev–Trinajstić information content (AvgIpc) is 3.45. The Morgan fingerprint density at radius 1 is 1.17 bits per heavy atom. The number of nitrogens with zero attached hydrogens (tertiary/aromatic N) is 2. The van der Waals surface area contributed by atoms with Crippen LogP contribution in [0, 0.1) is 0 Å². The predicted molar refractivity (Wildman–Crippen MR) is 121 cm³/mol. The zero-order valence-electron chi connectivity index (χ0n) is 18.1. The summed E-state index contributed by atoms with van der Waals surface area (Å²) < 4.78 is 32.5. The fourth-order valence-electron chi connectivity index (χ4n) is 4.17. The van der Waals surface area contributed by atoms with E-state index in [4.69, 9.17) is 4.74 Å². The number of aryl methyl sites for hydroxylation is 1. The molecule has 3 rings (SSSR count). The topological polar surface area (TPSA) is 66.9 Å². The third-order valence-corrected chi connectivity index (χ3v) is 9.19. The van der Waals surface area contributed by atoms with E-state index >= 15 is 0 Å². The number of carbonyl (C=O) groups excluding carboxylic acids is 1. The Kier molecular flexibility index (Phi) is 8.62. The van der Waals surface area contributed by atoms with E-state index in [9.17, 15) is 13.2 Å². The Bertz CT molecular complexity index is 782. The standard InChI is InChI=1S/C22H34N2O4S2/c1-3-23(4-2)30(26,27)21-10-7-18(8-11-21)9-12-22(25)24(19-13-15-29-17-19)16-20-6-5-14-28-20/h7-8,10-11,19-20H,3-6,9,12-17H2,1-2H3. The summed E-state index contributed by atoms with van der Waals surface area (Å²) in [5.74, 6) is 2.30. The summed E-state index contributed by atoms with van der Waals surface area (Å²) in [6, 6.07) is 7.29. The average molecular weight is 455 g/mol. The van der Waals surface area contributed by atoms with Crippen molar-refractivity contribution in [3.63, 3.8) is 0 Å². The first kappa shape index (κ1) is 23.6. The Labute approximate surface area is 185 Å². The molecule has 6 nitrogen and oxygen atoms in total. The minimum atomic E-state index is -3.45. The first-order chi connectivity index (χ1) is 14.5. The molecule has 168 valence electrons. The molecule has 1 aromatic rings. The van der Waals surface area contributed by atoms with E-state index in [1.807, 2.05) is 37.7 Å². The molecular weight excluding hydrogens is 420 g/mol. The van der Waals surface area contributed by atoms with Crippen LogP contribution in [0.1, 0.15) is 45.1 Å². The van der Waals surface area contributed by atoms with Gasteiger partial charge in [0.05, 0.1) is 11.0 Å². The number of rotatable bonds is 10.